The molecule has 86 valence electrons. The Hall–Kier alpha value is -2.11. The Morgan fingerprint density at radius 1 is 1.00 bits per heavy atom. The van der Waals surface area contributed by atoms with E-state index in [1.165, 1.54) is 0 Å². The molecule has 1 aromatic rings. The van der Waals surface area contributed by atoms with Crippen LogP contribution in [0, 0.1) is 0 Å². The fourth-order valence-corrected chi connectivity index (χ4v) is 1.60. The van der Waals surface area contributed by atoms with E-state index < -0.39 is 23.4 Å². The first kappa shape index (κ1) is 10.4. The number of carbonyl (C=O) groups is 1. The summed E-state index contributed by atoms with van der Waals surface area (Å²) in [4.78, 5) is 11.0. The molecule has 0 radical (unpaired) electrons. The van der Waals surface area contributed by atoms with Gasteiger partial charge in [0.2, 0.25) is 17.2 Å². The van der Waals surface area contributed by atoms with Gasteiger partial charge in [-0.2, -0.15) is 0 Å². The van der Waals surface area contributed by atoms with E-state index >= 15 is 0 Å². The third-order valence-corrected chi connectivity index (χ3v) is 2.30. The van der Waals surface area contributed by atoms with Crippen molar-refractivity contribution in [2.24, 2.45) is 0 Å². The summed E-state index contributed by atoms with van der Waals surface area (Å²) in [5.74, 6) is -2.35. The molecule has 0 saturated heterocycles. The van der Waals surface area contributed by atoms with Crippen molar-refractivity contribution in [2.45, 2.75) is 19.8 Å². The Morgan fingerprint density at radius 2 is 1.50 bits per heavy atom. The number of fused-ring (bicyclic) bond motifs is 2. The molecule has 1 aliphatic rings. The summed E-state index contributed by atoms with van der Waals surface area (Å²) in [6, 6.07) is 0. The fraction of sp³-hybridized carbons (Fsp3) is 0.300. The molecule has 2 rings (SSSR count). The zero-order chi connectivity index (χ0) is 11.9. The summed E-state index contributed by atoms with van der Waals surface area (Å²) in [5, 5.41) is 28.4. The molecule has 1 heterocycles. The van der Waals surface area contributed by atoms with Gasteiger partial charge in [0, 0.05) is 5.56 Å². The smallest absolute Gasteiger partial charge is 0.502 e. The molecule has 1 aromatic carbocycles. The largest absolute Gasteiger partial charge is 0.519 e. The minimum Gasteiger partial charge on any atom is -0.502 e. The molecule has 0 fully saturated rings. The monoisotopic (exact) mass is 226 g/mol. The Kier molecular flexibility index (Phi) is 2.26. The number of aromatic hydroxyl groups is 3. The van der Waals surface area contributed by atoms with Crippen molar-refractivity contribution in [1.82, 2.24) is 0 Å². The average Bonchev–Trinajstić information content (AvgIpc) is 2.26. The number of hydrogen-bond acceptors (Lipinski definition) is 6. The molecule has 6 heteroatoms. The van der Waals surface area contributed by atoms with E-state index in [4.69, 9.17) is 0 Å². The van der Waals surface area contributed by atoms with Gasteiger partial charge in [-0.1, -0.05) is 13.3 Å². The molecular weight excluding hydrogens is 216 g/mol. The van der Waals surface area contributed by atoms with Gasteiger partial charge in [0.05, 0.1) is 0 Å². The molecule has 16 heavy (non-hydrogen) atoms. The third-order valence-electron chi connectivity index (χ3n) is 2.30. The summed E-state index contributed by atoms with van der Waals surface area (Å²) < 4.78 is 9.32. The highest BCUT2D eigenvalue weighted by Crippen LogP contribution is 2.54. The zero-order valence-corrected chi connectivity index (χ0v) is 8.48. The molecule has 0 spiro atoms. The molecule has 0 aromatic heterocycles. The highest BCUT2D eigenvalue weighted by Gasteiger charge is 2.33. The van der Waals surface area contributed by atoms with Gasteiger partial charge < -0.3 is 24.8 Å². The van der Waals surface area contributed by atoms with E-state index in [1.807, 2.05) is 6.92 Å². The van der Waals surface area contributed by atoms with Gasteiger partial charge >= 0.3 is 6.16 Å². The topological polar surface area (TPSA) is 96.2 Å². The quantitative estimate of drug-likeness (QED) is 0.403. The molecule has 0 amide bonds. The van der Waals surface area contributed by atoms with Crippen LogP contribution in [0.4, 0.5) is 4.79 Å². The van der Waals surface area contributed by atoms with Crippen LogP contribution in [-0.4, -0.2) is 21.5 Å². The van der Waals surface area contributed by atoms with Crippen LogP contribution in [0.5, 0.6) is 28.7 Å². The van der Waals surface area contributed by atoms with Gasteiger partial charge in [0.1, 0.15) is 0 Å². The number of phenols is 3. The van der Waals surface area contributed by atoms with Crippen LogP contribution >= 0.6 is 0 Å². The first-order valence-corrected chi connectivity index (χ1v) is 4.75. The van der Waals surface area contributed by atoms with Crippen LogP contribution in [0.15, 0.2) is 0 Å². The Labute approximate surface area is 90.7 Å². The van der Waals surface area contributed by atoms with E-state index in [0.29, 0.717) is 18.4 Å². The van der Waals surface area contributed by atoms with Gasteiger partial charge in [0.15, 0.2) is 11.5 Å². The highest BCUT2D eigenvalue weighted by atomic mass is 16.7. The maximum absolute atomic E-state index is 11.0. The first-order valence-electron chi connectivity index (χ1n) is 4.75. The fourth-order valence-electron chi connectivity index (χ4n) is 1.60. The van der Waals surface area contributed by atoms with Gasteiger partial charge in [-0.3, -0.25) is 0 Å². The van der Waals surface area contributed by atoms with Crippen LogP contribution in [0.25, 0.3) is 0 Å². The van der Waals surface area contributed by atoms with Crippen molar-refractivity contribution in [3.63, 3.8) is 0 Å². The van der Waals surface area contributed by atoms with E-state index in [9.17, 15) is 20.1 Å². The van der Waals surface area contributed by atoms with Crippen molar-refractivity contribution in [2.75, 3.05) is 0 Å². The molecule has 2 bridgehead atoms. The van der Waals surface area contributed by atoms with Crippen molar-refractivity contribution in [1.29, 1.82) is 0 Å². The lowest BCUT2D eigenvalue weighted by molar-refractivity contribution is 0.138. The first-order chi connectivity index (χ1) is 7.56. The maximum Gasteiger partial charge on any atom is 0.519 e. The van der Waals surface area contributed by atoms with Gasteiger partial charge in [0.25, 0.3) is 0 Å². The lowest BCUT2D eigenvalue weighted by atomic mass is 10.0. The summed E-state index contributed by atoms with van der Waals surface area (Å²) >= 11 is 0. The van der Waals surface area contributed by atoms with Gasteiger partial charge in [-0.15, -0.1) is 0 Å². The number of carbonyl (C=O) groups excluding carboxylic acids is 1. The second kappa shape index (κ2) is 3.48. The van der Waals surface area contributed by atoms with Crippen molar-refractivity contribution in [3.8, 4) is 28.7 Å². The highest BCUT2D eigenvalue weighted by molar-refractivity contribution is 5.80. The SMILES string of the molecule is CCCc1c2c(O)c(O)c(O)c1OC(=O)O2. The van der Waals surface area contributed by atoms with Crippen molar-refractivity contribution in [3.05, 3.63) is 5.56 Å². The molecule has 1 aliphatic heterocycles. The van der Waals surface area contributed by atoms with Crippen LogP contribution < -0.4 is 9.47 Å². The minimum absolute atomic E-state index is 0.150. The van der Waals surface area contributed by atoms with E-state index in [2.05, 4.69) is 9.47 Å². The lowest BCUT2D eigenvalue weighted by Gasteiger charge is -2.21. The number of hydrogen-bond donors (Lipinski definition) is 3. The Balaban J connectivity index is 2.70. The van der Waals surface area contributed by atoms with E-state index in [0.717, 1.165) is 0 Å². The van der Waals surface area contributed by atoms with E-state index in [-0.39, 0.29) is 11.5 Å². The normalized spacial score (nSPS) is 13.2. The zero-order valence-electron chi connectivity index (χ0n) is 8.48. The Morgan fingerprint density at radius 3 is 1.94 bits per heavy atom. The maximum atomic E-state index is 11.0. The summed E-state index contributed by atoms with van der Waals surface area (Å²) in [5.41, 5.74) is 0.370. The molecular formula is C10H10O6. The minimum atomic E-state index is -1.05. The number of ether oxygens (including phenoxy) is 2. The van der Waals surface area contributed by atoms with Gasteiger partial charge in [-0.05, 0) is 6.42 Å². The van der Waals surface area contributed by atoms with Gasteiger partial charge in [-0.25, -0.2) is 4.79 Å². The molecule has 6 nitrogen and oxygen atoms in total. The van der Waals surface area contributed by atoms with Crippen LogP contribution in [0.1, 0.15) is 18.9 Å². The standard InChI is InChI=1S/C10H10O6/c1-2-3-4-8-6(12)5(11)7(13)9(4)16-10(14)15-8/h11-13H,2-3H2,1H3. The Bertz CT molecular complexity index is 430. The van der Waals surface area contributed by atoms with Crippen LogP contribution in [0.2, 0.25) is 0 Å². The predicted molar refractivity (Wildman–Crippen MR) is 52.1 cm³/mol. The summed E-state index contributed by atoms with van der Waals surface area (Å²) in [6.07, 6.45) is 0.0969. The number of rotatable bonds is 2. The lowest BCUT2D eigenvalue weighted by Crippen LogP contribution is -2.20. The number of phenolic OH excluding ortho intramolecular Hbond substituents is 3. The molecule has 3 N–H and O–H groups in total. The number of benzene rings is 1. The van der Waals surface area contributed by atoms with Crippen molar-refractivity contribution < 1.29 is 29.6 Å². The second-order valence-electron chi connectivity index (χ2n) is 3.39. The summed E-state index contributed by atoms with van der Waals surface area (Å²) in [6.45, 7) is 1.87. The third kappa shape index (κ3) is 1.30. The molecule has 0 unspecified atom stereocenters. The van der Waals surface area contributed by atoms with Crippen LogP contribution in [-0.2, 0) is 6.42 Å². The second-order valence-corrected chi connectivity index (χ2v) is 3.39. The van der Waals surface area contributed by atoms with Crippen LogP contribution in [0.3, 0.4) is 0 Å². The van der Waals surface area contributed by atoms with E-state index in [1.54, 1.807) is 0 Å². The summed E-state index contributed by atoms with van der Waals surface area (Å²) in [7, 11) is 0. The van der Waals surface area contributed by atoms with Crippen molar-refractivity contribution >= 4 is 6.16 Å². The molecule has 0 aliphatic carbocycles. The predicted octanol–water partition coefficient (Wildman–Crippen LogP) is 1.65. The average molecular weight is 226 g/mol. The molecule has 0 saturated carbocycles. The molecule has 0 atom stereocenters.